The van der Waals surface area contributed by atoms with Crippen LogP contribution in [0.25, 0.3) is 0 Å². The maximum absolute atomic E-state index is 8.94. The topological polar surface area (TPSA) is 36.3 Å². The van der Waals surface area contributed by atoms with E-state index < -0.39 is 0 Å². The van der Waals surface area contributed by atoms with Crippen LogP contribution < -0.4 is 0 Å². The lowest BCUT2D eigenvalue weighted by molar-refractivity contribution is 0.0675. The van der Waals surface area contributed by atoms with Crippen molar-refractivity contribution in [3.8, 4) is 6.07 Å². The molecule has 0 aromatic carbocycles. The van der Waals surface area contributed by atoms with Crippen molar-refractivity contribution in [3.63, 3.8) is 0 Å². The van der Waals surface area contributed by atoms with Crippen molar-refractivity contribution in [3.05, 3.63) is 0 Å². The monoisotopic (exact) mass is 238 g/mol. The summed E-state index contributed by atoms with van der Waals surface area (Å²) in [6.07, 6.45) is 4.86. The zero-order valence-corrected chi connectivity index (χ0v) is 11.5. The molecule has 3 heteroatoms. The standard InChI is InChI=1S/C14H26N2O/c1-13-11-16(9-6-10-17-13)8-5-4-7-14(2,3)12-15/h13H,4-11H2,1-3H3. The van der Waals surface area contributed by atoms with Crippen molar-refractivity contribution in [1.82, 2.24) is 4.90 Å². The lowest BCUT2D eigenvalue weighted by Crippen LogP contribution is -2.31. The Kier molecular flexibility index (Phi) is 5.94. The molecule has 17 heavy (non-hydrogen) atoms. The van der Waals surface area contributed by atoms with Gasteiger partial charge in [0.25, 0.3) is 0 Å². The van der Waals surface area contributed by atoms with Crippen LogP contribution in [0.4, 0.5) is 0 Å². The van der Waals surface area contributed by atoms with E-state index in [-0.39, 0.29) is 5.41 Å². The summed E-state index contributed by atoms with van der Waals surface area (Å²) in [5.74, 6) is 0. The van der Waals surface area contributed by atoms with Crippen molar-refractivity contribution in [1.29, 1.82) is 5.26 Å². The van der Waals surface area contributed by atoms with E-state index in [1.807, 2.05) is 13.8 Å². The molecule has 1 unspecified atom stereocenters. The molecule has 3 nitrogen and oxygen atoms in total. The SMILES string of the molecule is CC1CN(CCCCC(C)(C)C#N)CCCO1. The second kappa shape index (κ2) is 6.98. The number of nitrogens with zero attached hydrogens (tertiary/aromatic N) is 2. The molecule has 0 bridgehead atoms. The molecule has 0 aromatic rings. The molecule has 1 atom stereocenters. The van der Waals surface area contributed by atoms with Gasteiger partial charge in [-0.05, 0) is 46.6 Å². The van der Waals surface area contributed by atoms with Gasteiger partial charge in [-0.2, -0.15) is 5.26 Å². The van der Waals surface area contributed by atoms with Crippen molar-refractivity contribution in [2.45, 2.75) is 52.6 Å². The lowest BCUT2D eigenvalue weighted by atomic mass is 9.89. The molecule has 1 aliphatic rings. The van der Waals surface area contributed by atoms with Crippen LogP contribution >= 0.6 is 0 Å². The van der Waals surface area contributed by atoms with E-state index in [9.17, 15) is 0 Å². The minimum Gasteiger partial charge on any atom is -0.377 e. The van der Waals surface area contributed by atoms with Crippen molar-refractivity contribution in [2.75, 3.05) is 26.2 Å². The van der Waals surface area contributed by atoms with Gasteiger partial charge in [-0.25, -0.2) is 0 Å². The maximum Gasteiger partial charge on any atom is 0.0683 e. The summed E-state index contributed by atoms with van der Waals surface area (Å²) in [7, 11) is 0. The van der Waals surface area contributed by atoms with E-state index in [0.29, 0.717) is 6.10 Å². The highest BCUT2D eigenvalue weighted by Crippen LogP contribution is 2.21. The molecular weight excluding hydrogens is 212 g/mol. The molecule has 0 N–H and O–H groups in total. The third-order valence-electron chi connectivity index (χ3n) is 3.37. The second-order valence-electron chi connectivity index (χ2n) is 5.79. The highest BCUT2D eigenvalue weighted by Gasteiger charge is 2.17. The number of rotatable bonds is 5. The summed E-state index contributed by atoms with van der Waals surface area (Å²) in [5, 5.41) is 8.94. The fraction of sp³-hybridized carbons (Fsp3) is 0.929. The molecule has 1 aliphatic heterocycles. The Morgan fingerprint density at radius 3 is 2.88 bits per heavy atom. The van der Waals surface area contributed by atoms with Crippen LogP contribution in [0.5, 0.6) is 0 Å². The summed E-state index contributed by atoms with van der Waals surface area (Å²) < 4.78 is 5.63. The molecule has 0 radical (unpaired) electrons. The Balaban J connectivity index is 2.15. The predicted octanol–water partition coefficient (Wildman–Crippen LogP) is 2.82. The largest absolute Gasteiger partial charge is 0.377 e. The van der Waals surface area contributed by atoms with Crippen molar-refractivity contribution in [2.24, 2.45) is 5.41 Å². The van der Waals surface area contributed by atoms with E-state index in [1.54, 1.807) is 0 Å². The van der Waals surface area contributed by atoms with E-state index in [4.69, 9.17) is 10.00 Å². The number of nitriles is 1. The van der Waals surface area contributed by atoms with Crippen LogP contribution in [0.3, 0.4) is 0 Å². The van der Waals surface area contributed by atoms with Crippen LogP contribution in [0.1, 0.15) is 46.5 Å². The molecule has 1 saturated heterocycles. The first-order valence-corrected chi connectivity index (χ1v) is 6.79. The smallest absolute Gasteiger partial charge is 0.0683 e. The molecule has 98 valence electrons. The summed E-state index contributed by atoms with van der Waals surface area (Å²) in [6.45, 7) is 10.5. The van der Waals surface area contributed by atoms with Crippen LogP contribution in [-0.4, -0.2) is 37.2 Å². The van der Waals surface area contributed by atoms with Gasteiger partial charge in [0.15, 0.2) is 0 Å². The summed E-state index contributed by atoms with van der Waals surface area (Å²) >= 11 is 0. The average molecular weight is 238 g/mol. The molecule has 0 aliphatic carbocycles. The van der Waals surface area contributed by atoms with Crippen LogP contribution in [0.2, 0.25) is 0 Å². The lowest BCUT2D eigenvalue weighted by Gasteiger charge is -2.22. The van der Waals surface area contributed by atoms with E-state index in [2.05, 4.69) is 17.9 Å². The third kappa shape index (κ3) is 6.05. The van der Waals surface area contributed by atoms with Gasteiger partial charge in [0, 0.05) is 19.7 Å². The Labute approximate surface area is 106 Å². The Hall–Kier alpha value is -0.590. The maximum atomic E-state index is 8.94. The Morgan fingerprint density at radius 2 is 2.18 bits per heavy atom. The van der Waals surface area contributed by atoms with Crippen LogP contribution in [0, 0.1) is 16.7 Å². The fourth-order valence-corrected chi connectivity index (χ4v) is 2.24. The first-order chi connectivity index (χ1) is 8.03. The molecular formula is C14H26N2O. The Bertz CT molecular complexity index is 257. The van der Waals surface area contributed by atoms with Gasteiger partial charge < -0.3 is 9.64 Å². The van der Waals surface area contributed by atoms with E-state index >= 15 is 0 Å². The highest BCUT2D eigenvalue weighted by atomic mass is 16.5. The molecule has 0 amide bonds. The molecule has 1 fully saturated rings. The van der Waals surface area contributed by atoms with Gasteiger partial charge >= 0.3 is 0 Å². The summed E-state index contributed by atoms with van der Waals surface area (Å²) in [5.41, 5.74) is -0.158. The predicted molar refractivity (Wildman–Crippen MR) is 69.7 cm³/mol. The first-order valence-electron chi connectivity index (χ1n) is 6.79. The van der Waals surface area contributed by atoms with Gasteiger partial charge in [-0.1, -0.05) is 6.42 Å². The van der Waals surface area contributed by atoms with Gasteiger partial charge in [0.2, 0.25) is 0 Å². The minimum absolute atomic E-state index is 0.158. The van der Waals surface area contributed by atoms with Crippen molar-refractivity contribution < 1.29 is 4.74 Å². The highest BCUT2D eigenvalue weighted by molar-refractivity contribution is 4.91. The summed E-state index contributed by atoms with van der Waals surface area (Å²) in [6, 6.07) is 2.36. The molecule has 0 aromatic heterocycles. The van der Waals surface area contributed by atoms with E-state index in [1.165, 1.54) is 6.42 Å². The average Bonchev–Trinajstić information content (AvgIpc) is 2.49. The molecule has 1 heterocycles. The van der Waals surface area contributed by atoms with Gasteiger partial charge in [-0.3, -0.25) is 0 Å². The number of hydrogen-bond donors (Lipinski definition) is 0. The zero-order valence-electron chi connectivity index (χ0n) is 11.5. The molecule has 0 saturated carbocycles. The van der Waals surface area contributed by atoms with Gasteiger partial charge in [-0.15, -0.1) is 0 Å². The van der Waals surface area contributed by atoms with E-state index in [0.717, 1.165) is 45.5 Å². The summed E-state index contributed by atoms with van der Waals surface area (Å²) in [4.78, 5) is 2.50. The number of hydrogen-bond acceptors (Lipinski definition) is 3. The van der Waals surface area contributed by atoms with Gasteiger partial charge in [0.05, 0.1) is 17.6 Å². The number of unbranched alkanes of at least 4 members (excludes halogenated alkanes) is 1. The Morgan fingerprint density at radius 1 is 1.41 bits per heavy atom. The zero-order chi connectivity index (χ0) is 12.7. The quantitative estimate of drug-likeness (QED) is 0.691. The molecule has 1 rings (SSSR count). The first kappa shape index (κ1) is 14.5. The van der Waals surface area contributed by atoms with Crippen molar-refractivity contribution >= 4 is 0 Å². The fourth-order valence-electron chi connectivity index (χ4n) is 2.24. The normalized spacial score (nSPS) is 23.1. The molecule has 0 spiro atoms. The second-order valence-corrected chi connectivity index (χ2v) is 5.79. The van der Waals surface area contributed by atoms with Crippen LogP contribution in [-0.2, 0) is 4.74 Å². The number of ether oxygens (including phenoxy) is 1. The van der Waals surface area contributed by atoms with Crippen LogP contribution in [0.15, 0.2) is 0 Å². The third-order valence-corrected chi connectivity index (χ3v) is 3.37. The van der Waals surface area contributed by atoms with Gasteiger partial charge in [0.1, 0.15) is 0 Å². The minimum atomic E-state index is -0.158.